The molecule has 0 radical (unpaired) electrons. The number of aromatic carboxylic acids is 1. The van der Waals surface area contributed by atoms with Crippen molar-refractivity contribution in [1.82, 2.24) is 0 Å². The molecular weight excluding hydrogens is 294 g/mol. The van der Waals surface area contributed by atoms with E-state index in [1.807, 2.05) is 12.1 Å². The van der Waals surface area contributed by atoms with Crippen molar-refractivity contribution < 1.29 is 9.90 Å². The molecule has 18 heavy (non-hydrogen) atoms. The second kappa shape index (κ2) is 4.57. The van der Waals surface area contributed by atoms with Crippen LogP contribution in [0.4, 0.5) is 5.69 Å². The highest BCUT2D eigenvalue weighted by Crippen LogP contribution is 2.41. The lowest BCUT2D eigenvalue weighted by molar-refractivity contribution is 0.0696. The van der Waals surface area contributed by atoms with Crippen LogP contribution in [-0.4, -0.2) is 24.2 Å². The van der Waals surface area contributed by atoms with Crippen molar-refractivity contribution in [1.29, 1.82) is 0 Å². The highest BCUT2D eigenvalue weighted by molar-refractivity contribution is 9.10. The van der Waals surface area contributed by atoms with Gasteiger partial charge >= 0.3 is 5.97 Å². The lowest BCUT2D eigenvalue weighted by Gasteiger charge is -2.22. The first kappa shape index (κ1) is 12.0. The molecule has 1 aromatic rings. The summed E-state index contributed by atoms with van der Waals surface area (Å²) in [5.74, 6) is 0.686. The molecule has 1 heterocycles. The Balaban J connectivity index is 1.93. The predicted molar refractivity (Wildman–Crippen MR) is 74.1 cm³/mol. The van der Waals surface area contributed by atoms with Gasteiger partial charge in [-0.1, -0.05) is 12.5 Å². The largest absolute Gasteiger partial charge is 0.478 e. The van der Waals surface area contributed by atoms with Crippen LogP contribution in [0, 0.1) is 11.8 Å². The summed E-state index contributed by atoms with van der Waals surface area (Å²) in [6.07, 6.45) is 3.95. The molecule has 0 bridgehead atoms. The molecule has 96 valence electrons. The van der Waals surface area contributed by atoms with Gasteiger partial charge in [0, 0.05) is 17.6 Å². The number of carbonyl (C=O) groups is 1. The molecule has 0 aromatic heterocycles. The van der Waals surface area contributed by atoms with Crippen LogP contribution in [0.25, 0.3) is 0 Å². The van der Waals surface area contributed by atoms with E-state index in [-0.39, 0.29) is 0 Å². The number of nitrogens with zero attached hydrogens (tertiary/aromatic N) is 1. The quantitative estimate of drug-likeness (QED) is 0.910. The highest BCUT2D eigenvalue weighted by Gasteiger charge is 2.37. The molecule has 2 aliphatic rings. The van der Waals surface area contributed by atoms with Gasteiger partial charge in [-0.15, -0.1) is 0 Å². The molecule has 1 saturated heterocycles. The van der Waals surface area contributed by atoms with Crippen molar-refractivity contribution in [3.05, 3.63) is 28.2 Å². The molecule has 1 aromatic carbocycles. The smallest absolute Gasteiger partial charge is 0.338 e. The highest BCUT2D eigenvalue weighted by atomic mass is 79.9. The maximum absolute atomic E-state index is 11.4. The lowest BCUT2D eigenvalue weighted by atomic mass is 10.0. The van der Waals surface area contributed by atoms with E-state index in [9.17, 15) is 9.90 Å². The van der Waals surface area contributed by atoms with Crippen molar-refractivity contribution in [2.45, 2.75) is 19.3 Å². The maximum atomic E-state index is 11.4. The molecule has 2 fully saturated rings. The molecule has 4 heteroatoms. The zero-order valence-electron chi connectivity index (χ0n) is 10.1. The predicted octanol–water partition coefficient (Wildman–Crippen LogP) is 3.38. The van der Waals surface area contributed by atoms with Gasteiger partial charge in [0.2, 0.25) is 0 Å². The zero-order chi connectivity index (χ0) is 12.7. The van der Waals surface area contributed by atoms with Crippen LogP contribution >= 0.6 is 15.9 Å². The number of anilines is 1. The second-order valence-corrected chi connectivity index (χ2v) is 6.15. The fraction of sp³-hybridized carbons (Fsp3) is 0.500. The lowest BCUT2D eigenvalue weighted by Crippen LogP contribution is -2.23. The van der Waals surface area contributed by atoms with Crippen molar-refractivity contribution in [2.24, 2.45) is 11.8 Å². The molecule has 0 spiro atoms. The van der Waals surface area contributed by atoms with E-state index in [0.29, 0.717) is 10.0 Å². The first-order valence-electron chi connectivity index (χ1n) is 6.43. The topological polar surface area (TPSA) is 40.5 Å². The Morgan fingerprint density at radius 1 is 1.28 bits per heavy atom. The average Bonchev–Trinajstić information content (AvgIpc) is 2.87. The van der Waals surface area contributed by atoms with Crippen LogP contribution in [-0.2, 0) is 0 Å². The van der Waals surface area contributed by atoms with Gasteiger partial charge in [-0.2, -0.15) is 0 Å². The fourth-order valence-corrected chi connectivity index (χ4v) is 3.95. The van der Waals surface area contributed by atoms with Crippen LogP contribution in [0.5, 0.6) is 0 Å². The number of rotatable bonds is 2. The minimum atomic E-state index is -0.852. The normalized spacial score (nSPS) is 26.4. The molecule has 1 aliphatic heterocycles. The van der Waals surface area contributed by atoms with Crippen molar-refractivity contribution in [3.63, 3.8) is 0 Å². The van der Waals surface area contributed by atoms with E-state index in [1.165, 1.54) is 19.3 Å². The molecule has 3 rings (SSSR count). The third kappa shape index (κ3) is 1.92. The Morgan fingerprint density at radius 3 is 2.56 bits per heavy atom. The summed E-state index contributed by atoms with van der Waals surface area (Å²) in [6.45, 7) is 2.03. The second-order valence-electron chi connectivity index (χ2n) is 5.30. The number of hydrogen-bond donors (Lipinski definition) is 1. The van der Waals surface area contributed by atoms with Crippen LogP contribution < -0.4 is 4.90 Å². The van der Waals surface area contributed by atoms with E-state index < -0.39 is 5.97 Å². The van der Waals surface area contributed by atoms with E-state index in [4.69, 9.17) is 0 Å². The summed E-state index contributed by atoms with van der Waals surface area (Å²) in [5.41, 5.74) is 1.27. The third-order valence-corrected chi connectivity index (χ3v) is 4.93. The Bertz CT molecular complexity index is 477. The average molecular weight is 310 g/mol. The maximum Gasteiger partial charge on any atom is 0.338 e. The number of carboxylic acid groups (broad SMARTS) is 1. The molecule has 2 unspecified atom stereocenters. The first-order chi connectivity index (χ1) is 8.66. The molecule has 3 nitrogen and oxygen atoms in total. The van der Waals surface area contributed by atoms with E-state index in [2.05, 4.69) is 20.8 Å². The Labute approximate surface area is 115 Å². The van der Waals surface area contributed by atoms with Gasteiger partial charge in [0.05, 0.1) is 11.3 Å². The standard InChI is InChI=1S/C14H16BrNO2/c15-11-5-2-6-12(13(11)14(17)18)16-7-9-3-1-4-10(9)8-16/h2,5-6,9-10H,1,3-4,7-8H2,(H,17,18). The van der Waals surface area contributed by atoms with Gasteiger partial charge in [0.15, 0.2) is 0 Å². The third-order valence-electron chi connectivity index (χ3n) is 4.27. The molecule has 1 N–H and O–H groups in total. The monoisotopic (exact) mass is 309 g/mol. The van der Waals surface area contributed by atoms with Gasteiger partial charge < -0.3 is 10.0 Å². The molecule has 1 saturated carbocycles. The number of benzene rings is 1. The van der Waals surface area contributed by atoms with Crippen molar-refractivity contribution in [2.75, 3.05) is 18.0 Å². The Hall–Kier alpha value is -1.03. The van der Waals surface area contributed by atoms with Gasteiger partial charge in [0.1, 0.15) is 0 Å². The zero-order valence-corrected chi connectivity index (χ0v) is 11.7. The molecule has 1 aliphatic carbocycles. The van der Waals surface area contributed by atoms with Crippen molar-refractivity contribution in [3.8, 4) is 0 Å². The minimum absolute atomic E-state index is 0.400. The minimum Gasteiger partial charge on any atom is -0.478 e. The van der Waals surface area contributed by atoms with Gasteiger partial charge in [-0.25, -0.2) is 4.79 Å². The summed E-state index contributed by atoms with van der Waals surface area (Å²) in [4.78, 5) is 13.6. The number of halogens is 1. The Morgan fingerprint density at radius 2 is 1.94 bits per heavy atom. The number of hydrogen-bond acceptors (Lipinski definition) is 2. The molecular formula is C14H16BrNO2. The van der Waals surface area contributed by atoms with Crippen LogP contribution in [0.2, 0.25) is 0 Å². The fourth-order valence-electron chi connectivity index (χ4n) is 3.42. The SMILES string of the molecule is O=C(O)c1c(Br)cccc1N1CC2CCCC2C1. The Kier molecular flexibility index (Phi) is 3.06. The van der Waals surface area contributed by atoms with Crippen LogP contribution in [0.15, 0.2) is 22.7 Å². The van der Waals surface area contributed by atoms with E-state index in [0.717, 1.165) is 30.6 Å². The summed E-state index contributed by atoms with van der Waals surface area (Å²) in [7, 11) is 0. The first-order valence-corrected chi connectivity index (χ1v) is 7.23. The summed E-state index contributed by atoms with van der Waals surface area (Å²) >= 11 is 3.35. The summed E-state index contributed by atoms with van der Waals surface area (Å²) < 4.78 is 0.671. The number of fused-ring (bicyclic) bond motifs is 1. The van der Waals surface area contributed by atoms with Gasteiger partial charge in [-0.05, 0) is 52.7 Å². The van der Waals surface area contributed by atoms with E-state index in [1.54, 1.807) is 6.07 Å². The molecule has 0 amide bonds. The van der Waals surface area contributed by atoms with Gasteiger partial charge in [-0.3, -0.25) is 0 Å². The number of carboxylic acids is 1. The van der Waals surface area contributed by atoms with Gasteiger partial charge in [0.25, 0.3) is 0 Å². The molecule has 2 atom stereocenters. The summed E-state index contributed by atoms with van der Waals surface area (Å²) in [6, 6.07) is 5.64. The van der Waals surface area contributed by atoms with E-state index >= 15 is 0 Å². The van der Waals surface area contributed by atoms with Crippen LogP contribution in [0.1, 0.15) is 29.6 Å². The van der Waals surface area contributed by atoms with Crippen LogP contribution in [0.3, 0.4) is 0 Å². The van der Waals surface area contributed by atoms with Crippen molar-refractivity contribution >= 4 is 27.6 Å². The summed E-state index contributed by atoms with van der Waals surface area (Å²) in [5, 5.41) is 9.35.